The lowest BCUT2D eigenvalue weighted by atomic mass is 9.94. The van der Waals surface area contributed by atoms with Crippen LogP contribution >= 0.6 is 11.8 Å². The molecule has 1 saturated heterocycles. The zero-order valence-corrected chi connectivity index (χ0v) is 10.4. The monoisotopic (exact) mass is 220 g/mol. The molecular formula is C13H18NS+. The van der Waals surface area contributed by atoms with Gasteiger partial charge in [0, 0.05) is 12.2 Å². The van der Waals surface area contributed by atoms with Crippen molar-refractivity contribution in [3.63, 3.8) is 0 Å². The van der Waals surface area contributed by atoms with Crippen LogP contribution in [-0.4, -0.2) is 34.9 Å². The average molecular weight is 220 g/mol. The first-order chi connectivity index (χ1) is 7.18. The summed E-state index contributed by atoms with van der Waals surface area (Å²) < 4.78 is 2.48. The van der Waals surface area contributed by atoms with Crippen molar-refractivity contribution in [1.29, 1.82) is 0 Å². The minimum Gasteiger partial charge on any atom is -0.228 e. The molecule has 0 atom stereocenters. The topological polar surface area (TPSA) is 3.01 Å². The fourth-order valence-electron chi connectivity index (χ4n) is 1.97. The van der Waals surface area contributed by atoms with E-state index in [0.29, 0.717) is 0 Å². The second-order valence-electron chi connectivity index (χ2n) is 4.16. The van der Waals surface area contributed by atoms with Gasteiger partial charge in [-0.05, 0) is 30.6 Å². The Kier molecular flexibility index (Phi) is 3.15. The fraction of sp³-hybridized carbons (Fsp3) is 0.462. The molecule has 0 radical (unpaired) electrons. The van der Waals surface area contributed by atoms with Gasteiger partial charge in [0.15, 0.2) is 13.1 Å². The van der Waals surface area contributed by atoms with Gasteiger partial charge >= 0.3 is 0 Å². The molecule has 1 fully saturated rings. The predicted octanol–water partition coefficient (Wildman–Crippen LogP) is 2.65. The van der Waals surface area contributed by atoms with Crippen molar-refractivity contribution in [2.75, 3.05) is 24.6 Å². The van der Waals surface area contributed by atoms with Gasteiger partial charge in [-0.15, -0.1) is 11.8 Å². The lowest BCUT2D eigenvalue weighted by Gasteiger charge is -2.16. The molecule has 0 saturated carbocycles. The van der Waals surface area contributed by atoms with Crippen LogP contribution in [-0.2, 0) is 0 Å². The highest BCUT2D eigenvalue weighted by Gasteiger charge is 2.19. The van der Waals surface area contributed by atoms with E-state index in [-0.39, 0.29) is 0 Å². The summed E-state index contributed by atoms with van der Waals surface area (Å²) in [5, 5.41) is 0. The summed E-state index contributed by atoms with van der Waals surface area (Å²) in [4.78, 5) is 0. The first-order valence-corrected chi connectivity index (χ1v) is 6.60. The van der Waals surface area contributed by atoms with Crippen molar-refractivity contribution in [2.45, 2.75) is 13.8 Å². The average Bonchev–Trinajstić information content (AvgIpc) is 2.26. The van der Waals surface area contributed by atoms with E-state index in [1.54, 1.807) is 0 Å². The molecule has 2 rings (SSSR count). The summed E-state index contributed by atoms with van der Waals surface area (Å²) in [6, 6.07) is 0. The third kappa shape index (κ3) is 2.25. The molecule has 15 heavy (non-hydrogen) atoms. The van der Waals surface area contributed by atoms with E-state index in [0.717, 1.165) is 0 Å². The maximum absolute atomic E-state index is 4.08. The highest BCUT2D eigenvalue weighted by atomic mass is 32.2. The Morgan fingerprint density at radius 2 is 1.67 bits per heavy atom. The lowest BCUT2D eigenvalue weighted by molar-refractivity contribution is -0.519. The molecule has 0 aromatic rings. The van der Waals surface area contributed by atoms with Crippen LogP contribution in [0.4, 0.5) is 0 Å². The summed E-state index contributed by atoms with van der Waals surface area (Å²) in [5.41, 5.74) is 5.18. The molecule has 0 spiro atoms. The molecule has 1 aliphatic carbocycles. The molecule has 2 heteroatoms. The molecule has 0 amide bonds. The van der Waals surface area contributed by atoms with Crippen molar-refractivity contribution in [3.8, 4) is 0 Å². The Balaban J connectivity index is 2.33. The Labute approximate surface area is 96.3 Å². The van der Waals surface area contributed by atoms with E-state index in [1.165, 1.54) is 47.0 Å². The number of hydrogen-bond acceptors (Lipinski definition) is 1. The van der Waals surface area contributed by atoms with Crippen LogP contribution in [0.5, 0.6) is 0 Å². The van der Waals surface area contributed by atoms with Gasteiger partial charge in [0.2, 0.25) is 5.71 Å². The molecule has 1 heterocycles. The van der Waals surface area contributed by atoms with Crippen LogP contribution in [0.2, 0.25) is 0 Å². The second-order valence-corrected chi connectivity index (χ2v) is 5.38. The number of hydrogen-bond donors (Lipinski definition) is 0. The third-order valence-electron chi connectivity index (χ3n) is 3.06. The largest absolute Gasteiger partial charge is 0.228 e. The molecule has 0 bridgehead atoms. The number of nitrogens with zero attached hydrogens (tertiary/aromatic N) is 1. The smallest absolute Gasteiger partial charge is 0.200 e. The molecule has 0 aromatic carbocycles. The van der Waals surface area contributed by atoms with E-state index in [1.807, 2.05) is 0 Å². The maximum Gasteiger partial charge on any atom is 0.200 e. The van der Waals surface area contributed by atoms with Crippen molar-refractivity contribution in [3.05, 3.63) is 35.5 Å². The van der Waals surface area contributed by atoms with Crippen LogP contribution in [0.3, 0.4) is 0 Å². The van der Waals surface area contributed by atoms with Crippen LogP contribution < -0.4 is 0 Å². The zero-order chi connectivity index (χ0) is 10.8. The van der Waals surface area contributed by atoms with Gasteiger partial charge in [0.05, 0.1) is 11.5 Å². The lowest BCUT2D eigenvalue weighted by Crippen LogP contribution is -2.29. The quantitative estimate of drug-likeness (QED) is 0.567. The van der Waals surface area contributed by atoms with Gasteiger partial charge in [-0.3, -0.25) is 0 Å². The van der Waals surface area contributed by atoms with Gasteiger partial charge < -0.3 is 0 Å². The number of rotatable bonds is 0. The minimum atomic E-state index is 1.18. The highest BCUT2D eigenvalue weighted by molar-refractivity contribution is 7.99. The van der Waals surface area contributed by atoms with Gasteiger partial charge in [0.25, 0.3) is 0 Å². The molecule has 1 aliphatic heterocycles. The molecule has 80 valence electrons. The number of allylic oxidation sites excluding steroid dienone is 5. The molecule has 2 aliphatic rings. The molecule has 0 unspecified atom stereocenters. The summed E-state index contributed by atoms with van der Waals surface area (Å²) in [6.07, 6.45) is 4.54. The van der Waals surface area contributed by atoms with Gasteiger partial charge in [-0.1, -0.05) is 6.58 Å². The van der Waals surface area contributed by atoms with Gasteiger partial charge in [-0.25, -0.2) is 4.58 Å². The Morgan fingerprint density at radius 3 is 2.20 bits per heavy atom. The molecular weight excluding hydrogens is 202 g/mol. The molecule has 1 nitrogen and oxygen atoms in total. The fourth-order valence-corrected chi connectivity index (χ4v) is 2.88. The SMILES string of the molecule is C=C1C(C)=CC(=[N+]2CCSCC2)C=C1C. The highest BCUT2D eigenvalue weighted by Crippen LogP contribution is 2.21. The zero-order valence-electron chi connectivity index (χ0n) is 9.55. The first kappa shape index (κ1) is 10.7. The van der Waals surface area contributed by atoms with E-state index < -0.39 is 0 Å². The van der Waals surface area contributed by atoms with E-state index in [4.69, 9.17) is 0 Å². The Bertz CT molecular complexity index is 353. The van der Waals surface area contributed by atoms with Gasteiger partial charge in [0.1, 0.15) is 0 Å². The number of thioether (sulfide) groups is 1. The summed E-state index contributed by atoms with van der Waals surface area (Å²) in [7, 11) is 0. The van der Waals surface area contributed by atoms with Crippen molar-refractivity contribution >= 4 is 17.5 Å². The van der Waals surface area contributed by atoms with Gasteiger partial charge in [-0.2, -0.15) is 0 Å². The normalized spacial score (nSPS) is 22.7. The first-order valence-electron chi connectivity index (χ1n) is 5.44. The van der Waals surface area contributed by atoms with Crippen molar-refractivity contribution < 1.29 is 4.58 Å². The molecule has 0 aromatic heterocycles. The summed E-state index contributed by atoms with van der Waals surface area (Å²) in [6.45, 7) is 10.7. The summed E-state index contributed by atoms with van der Waals surface area (Å²) in [5.74, 6) is 2.51. The van der Waals surface area contributed by atoms with E-state index in [2.05, 4.69) is 48.9 Å². The van der Waals surface area contributed by atoms with Crippen LogP contribution in [0, 0.1) is 0 Å². The van der Waals surface area contributed by atoms with Crippen molar-refractivity contribution in [1.82, 2.24) is 0 Å². The van der Waals surface area contributed by atoms with E-state index in [9.17, 15) is 0 Å². The standard InChI is InChI=1S/C13H18NS/c1-10-8-13(9-11(2)12(10)3)14-4-6-15-7-5-14/h8-9H,3-7H2,1-2H3/q+1. The van der Waals surface area contributed by atoms with Crippen LogP contribution in [0.15, 0.2) is 35.5 Å². The summed E-state index contributed by atoms with van der Waals surface area (Å²) >= 11 is 2.05. The van der Waals surface area contributed by atoms with Crippen molar-refractivity contribution in [2.24, 2.45) is 0 Å². The minimum absolute atomic E-state index is 1.18. The predicted molar refractivity (Wildman–Crippen MR) is 69.0 cm³/mol. The Hall–Kier alpha value is -0.760. The third-order valence-corrected chi connectivity index (χ3v) is 4.00. The second kappa shape index (κ2) is 4.40. The van der Waals surface area contributed by atoms with E-state index >= 15 is 0 Å². The van der Waals surface area contributed by atoms with Crippen LogP contribution in [0.1, 0.15) is 13.8 Å². The Morgan fingerprint density at radius 1 is 1.13 bits per heavy atom. The maximum atomic E-state index is 4.08. The molecule has 0 N–H and O–H groups in total. The van der Waals surface area contributed by atoms with Crippen LogP contribution in [0.25, 0.3) is 0 Å².